The highest BCUT2D eigenvalue weighted by atomic mass is 79.9. The number of hydrogen-bond donors (Lipinski definition) is 0. The van der Waals surface area contributed by atoms with Gasteiger partial charge < -0.3 is 9.47 Å². The molecule has 2 bridgehead atoms. The molecule has 0 unspecified atom stereocenters. The Morgan fingerprint density at radius 1 is 1.44 bits per heavy atom. The number of rotatable bonds is 4. The third-order valence-corrected chi connectivity index (χ3v) is 4.45. The van der Waals surface area contributed by atoms with Gasteiger partial charge in [0.25, 0.3) is 0 Å². The second-order valence-electron chi connectivity index (χ2n) is 5.41. The number of hydrogen-bond acceptors (Lipinski definition) is 4. The first-order valence-electron chi connectivity index (χ1n) is 5.90. The van der Waals surface area contributed by atoms with Gasteiger partial charge in [-0.15, -0.1) is 0 Å². The van der Waals surface area contributed by atoms with Gasteiger partial charge in [0.15, 0.2) is 0 Å². The minimum atomic E-state index is -0.189. The van der Waals surface area contributed by atoms with E-state index in [4.69, 9.17) is 9.47 Å². The molecule has 3 fully saturated rings. The molecule has 1 heterocycles. The highest BCUT2D eigenvalue weighted by Gasteiger charge is 2.72. The normalized spacial score (nSPS) is 32.1. The third-order valence-electron chi connectivity index (χ3n) is 3.99. The first kappa shape index (κ1) is 12.0. The maximum Gasteiger partial charge on any atom is 0.311 e. The monoisotopic (exact) mass is 311 g/mol. The van der Waals surface area contributed by atoms with Crippen molar-refractivity contribution in [2.45, 2.75) is 19.3 Å². The van der Waals surface area contributed by atoms with Gasteiger partial charge in [-0.25, -0.2) is 4.98 Å². The van der Waals surface area contributed by atoms with E-state index in [2.05, 4.69) is 20.9 Å². The van der Waals surface area contributed by atoms with Crippen LogP contribution >= 0.6 is 15.9 Å². The molecule has 4 rings (SSSR count). The lowest BCUT2D eigenvalue weighted by atomic mass is 9.35. The Morgan fingerprint density at radius 3 is 2.72 bits per heavy atom. The Kier molecular flexibility index (Phi) is 2.62. The molecule has 0 spiro atoms. The molecule has 3 saturated carbocycles. The molecule has 0 aromatic carbocycles. The summed E-state index contributed by atoms with van der Waals surface area (Å²) in [5.41, 5.74) is -0.00576. The molecule has 0 atom stereocenters. The van der Waals surface area contributed by atoms with Crippen molar-refractivity contribution in [3.63, 3.8) is 0 Å². The number of pyridine rings is 1. The van der Waals surface area contributed by atoms with Crippen LogP contribution in [0.25, 0.3) is 0 Å². The SMILES string of the molecule is COC(=O)C12CC(COc3ccc(Br)cn3)(C1)C2. The minimum absolute atomic E-state index is 0.0638. The van der Waals surface area contributed by atoms with Crippen LogP contribution in [0.3, 0.4) is 0 Å². The van der Waals surface area contributed by atoms with Gasteiger partial charge in [-0.2, -0.15) is 0 Å². The predicted molar refractivity (Wildman–Crippen MR) is 68.2 cm³/mol. The van der Waals surface area contributed by atoms with Crippen molar-refractivity contribution >= 4 is 21.9 Å². The molecule has 3 aliphatic rings. The quantitative estimate of drug-likeness (QED) is 0.802. The van der Waals surface area contributed by atoms with Crippen molar-refractivity contribution in [3.8, 4) is 5.88 Å². The molecule has 4 nitrogen and oxygen atoms in total. The Labute approximate surface area is 114 Å². The van der Waals surface area contributed by atoms with Crippen LogP contribution in [0.15, 0.2) is 22.8 Å². The van der Waals surface area contributed by atoms with E-state index in [0.717, 1.165) is 23.7 Å². The fourth-order valence-corrected chi connectivity index (χ4v) is 3.49. The maximum absolute atomic E-state index is 11.5. The van der Waals surface area contributed by atoms with Crippen molar-refractivity contribution in [2.24, 2.45) is 10.8 Å². The number of nitrogens with zero attached hydrogens (tertiary/aromatic N) is 1. The van der Waals surface area contributed by atoms with Gasteiger partial charge >= 0.3 is 5.97 Å². The fraction of sp³-hybridized carbons (Fsp3) is 0.538. The van der Waals surface area contributed by atoms with E-state index in [1.54, 1.807) is 6.20 Å². The molecule has 0 saturated heterocycles. The van der Waals surface area contributed by atoms with Gasteiger partial charge in [-0.1, -0.05) is 0 Å². The smallest absolute Gasteiger partial charge is 0.311 e. The fourth-order valence-electron chi connectivity index (χ4n) is 3.26. The molecule has 5 heteroatoms. The summed E-state index contributed by atoms with van der Waals surface area (Å²) in [4.78, 5) is 15.7. The van der Waals surface area contributed by atoms with E-state index in [1.165, 1.54) is 7.11 Å². The average molecular weight is 312 g/mol. The van der Waals surface area contributed by atoms with Crippen molar-refractivity contribution < 1.29 is 14.3 Å². The molecule has 3 aliphatic carbocycles. The number of halogens is 1. The Balaban J connectivity index is 1.53. The van der Waals surface area contributed by atoms with Gasteiger partial charge in [-0.05, 0) is 41.3 Å². The summed E-state index contributed by atoms with van der Waals surface area (Å²) in [5, 5.41) is 0. The lowest BCUT2D eigenvalue weighted by Gasteiger charge is -2.67. The molecule has 0 aliphatic heterocycles. The first-order chi connectivity index (χ1) is 8.57. The topological polar surface area (TPSA) is 48.4 Å². The molecule has 0 amide bonds. The second kappa shape index (κ2) is 3.95. The largest absolute Gasteiger partial charge is 0.477 e. The molecular formula is C13H14BrNO3. The lowest BCUT2D eigenvalue weighted by Crippen LogP contribution is -2.67. The summed E-state index contributed by atoms with van der Waals surface area (Å²) in [7, 11) is 1.46. The number of ether oxygens (including phenoxy) is 2. The number of carbonyl (C=O) groups is 1. The van der Waals surface area contributed by atoms with Crippen molar-refractivity contribution in [2.75, 3.05) is 13.7 Å². The Hall–Kier alpha value is -1.10. The van der Waals surface area contributed by atoms with Crippen LogP contribution in [0.4, 0.5) is 0 Å². The van der Waals surface area contributed by atoms with E-state index >= 15 is 0 Å². The number of carbonyl (C=O) groups excluding carboxylic acids is 1. The van der Waals surface area contributed by atoms with Crippen LogP contribution in [0.1, 0.15) is 19.3 Å². The van der Waals surface area contributed by atoms with Crippen LogP contribution in [-0.4, -0.2) is 24.7 Å². The molecule has 96 valence electrons. The van der Waals surface area contributed by atoms with Gasteiger partial charge in [0, 0.05) is 22.2 Å². The van der Waals surface area contributed by atoms with Crippen molar-refractivity contribution in [3.05, 3.63) is 22.8 Å². The highest BCUT2D eigenvalue weighted by Crippen LogP contribution is 2.73. The maximum atomic E-state index is 11.5. The predicted octanol–water partition coefficient (Wildman–Crippen LogP) is 2.57. The zero-order valence-corrected chi connectivity index (χ0v) is 11.7. The van der Waals surface area contributed by atoms with Gasteiger partial charge in [0.2, 0.25) is 5.88 Å². The van der Waals surface area contributed by atoms with Crippen LogP contribution in [-0.2, 0) is 9.53 Å². The second-order valence-corrected chi connectivity index (χ2v) is 6.32. The molecule has 0 radical (unpaired) electrons. The summed E-state index contributed by atoms with van der Waals surface area (Å²) in [6.07, 6.45) is 4.39. The van der Waals surface area contributed by atoms with Crippen LogP contribution in [0, 0.1) is 10.8 Å². The van der Waals surface area contributed by atoms with E-state index < -0.39 is 0 Å². The van der Waals surface area contributed by atoms with Gasteiger partial charge in [0.1, 0.15) is 0 Å². The summed E-state index contributed by atoms with van der Waals surface area (Å²) >= 11 is 3.33. The van der Waals surface area contributed by atoms with Gasteiger partial charge in [-0.3, -0.25) is 4.79 Å². The Morgan fingerprint density at radius 2 is 2.17 bits per heavy atom. The first-order valence-corrected chi connectivity index (χ1v) is 6.70. The van der Waals surface area contributed by atoms with E-state index in [0.29, 0.717) is 12.5 Å². The number of aromatic nitrogens is 1. The molecule has 18 heavy (non-hydrogen) atoms. The summed E-state index contributed by atoms with van der Waals surface area (Å²) in [6.45, 7) is 0.639. The third kappa shape index (κ3) is 1.72. The number of methoxy groups -OCH3 is 1. The van der Waals surface area contributed by atoms with Crippen LogP contribution in [0.2, 0.25) is 0 Å². The molecule has 0 N–H and O–H groups in total. The number of esters is 1. The zero-order valence-electron chi connectivity index (χ0n) is 10.1. The van der Waals surface area contributed by atoms with Crippen LogP contribution < -0.4 is 4.74 Å². The van der Waals surface area contributed by atoms with Crippen molar-refractivity contribution in [1.29, 1.82) is 0 Å². The highest BCUT2D eigenvalue weighted by molar-refractivity contribution is 9.10. The van der Waals surface area contributed by atoms with E-state index in [1.807, 2.05) is 12.1 Å². The molecular weight excluding hydrogens is 298 g/mol. The lowest BCUT2D eigenvalue weighted by molar-refractivity contribution is -0.233. The van der Waals surface area contributed by atoms with Gasteiger partial charge in [0.05, 0.1) is 19.1 Å². The van der Waals surface area contributed by atoms with E-state index in [-0.39, 0.29) is 16.8 Å². The molecule has 1 aromatic rings. The minimum Gasteiger partial charge on any atom is -0.477 e. The molecule has 1 aromatic heterocycles. The summed E-state index contributed by atoms with van der Waals surface area (Å²) in [6, 6.07) is 3.74. The zero-order chi connectivity index (χ0) is 12.8. The standard InChI is InChI=1S/C13H14BrNO3/c1-17-11(16)13-5-12(6-13,7-13)8-18-10-3-2-9(14)4-15-10/h2-4H,5-8H2,1H3. The van der Waals surface area contributed by atoms with E-state index in [9.17, 15) is 4.79 Å². The van der Waals surface area contributed by atoms with Crippen molar-refractivity contribution in [1.82, 2.24) is 4.98 Å². The average Bonchev–Trinajstić information content (AvgIpc) is 2.27. The Bertz CT molecular complexity index is 466. The summed E-state index contributed by atoms with van der Waals surface area (Å²) in [5.74, 6) is 0.571. The summed E-state index contributed by atoms with van der Waals surface area (Å²) < 4.78 is 11.4. The van der Waals surface area contributed by atoms with Crippen LogP contribution in [0.5, 0.6) is 5.88 Å².